The van der Waals surface area contributed by atoms with Gasteiger partial charge in [-0.15, -0.1) is 5.73 Å². The molecule has 0 amide bonds. The standard InChI is InChI=1S/C24H31ClO6/c1-24(29,16-31-18-9-7-8-17(25)14-18)13-12-20-19(21(26)15-22(20)27)10-5-3-4-6-11-23(28)30-2/h4-5,7-9,12-14,19-22,26-27,29H,6,10-11,15-16H2,1-2H3/t3?,19-,20-,21+,22-,24?/m1/s1. The molecule has 2 rings (SSSR count). The average Bonchev–Trinajstić information content (AvgIpc) is 3.00. The van der Waals surface area contributed by atoms with Gasteiger partial charge in [0.15, 0.2) is 0 Å². The van der Waals surface area contributed by atoms with Crippen LogP contribution in [0.15, 0.2) is 54.3 Å². The van der Waals surface area contributed by atoms with Crippen LogP contribution in [0.4, 0.5) is 0 Å². The first-order chi connectivity index (χ1) is 14.7. The third kappa shape index (κ3) is 8.52. The molecule has 5 atom stereocenters. The zero-order chi connectivity index (χ0) is 22.9. The van der Waals surface area contributed by atoms with E-state index in [1.807, 2.05) is 0 Å². The Balaban J connectivity index is 1.94. The lowest BCUT2D eigenvalue weighted by Crippen LogP contribution is -2.30. The zero-order valence-electron chi connectivity index (χ0n) is 17.9. The minimum Gasteiger partial charge on any atom is -0.490 e. The van der Waals surface area contributed by atoms with E-state index in [1.54, 1.807) is 55.5 Å². The number of hydrogen-bond donors (Lipinski definition) is 3. The van der Waals surface area contributed by atoms with Crippen molar-refractivity contribution in [3.05, 3.63) is 59.3 Å². The van der Waals surface area contributed by atoms with Gasteiger partial charge in [-0.3, -0.25) is 4.79 Å². The maximum atomic E-state index is 11.1. The first-order valence-electron chi connectivity index (χ1n) is 10.3. The molecule has 1 fully saturated rings. The van der Waals surface area contributed by atoms with E-state index < -0.39 is 17.8 Å². The van der Waals surface area contributed by atoms with Gasteiger partial charge in [0.2, 0.25) is 0 Å². The van der Waals surface area contributed by atoms with Gasteiger partial charge in [-0.1, -0.05) is 29.8 Å². The smallest absolute Gasteiger partial charge is 0.305 e. The van der Waals surface area contributed by atoms with Crippen LogP contribution in [0.2, 0.25) is 5.02 Å². The van der Waals surface area contributed by atoms with Gasteiger partial charge in [0, 0.05) is 23.8 Å². The van der Waals surface area contributed by atoms with Crippen LogP contribution in [0.5, 0.6) is 5.75 Å². The minimum atomic E-state index is -1.26. The number of hydrogen-bond acceptors (Lipinski definition) is 6. The van der Waals surface area contributed by atoms with Gasteiger partial charge in [0.1, 0.15) is 18.0 Å². The summed E-state index contributed by atoms with van der Waals surface area (Å²) in [4.78, 5) is 11.1. The van der Waals surface area contributed by atoms with Crippen LogP contribution >= 0.6 is 11.6 Å². The highest BCUT2D eigenvalue weighted by molar-refractivity contribution is 6.30. The molecule has 1 aliphatic carbocycles. The van der Waals surface area contributed by atoms with Crippen LogP contribution in [0.1, 0.15) is 32.6 Å². The second kappa shape index (κ2) is 12.1. The Kier molecular flexibility index (Phi) is 9.82. The van der Waals surface area contributed by atoms with Gasteiger partial charge < -0.3 is 24.8 Å². The number of esters is 1. The van der Waals surface area contributed by atoms with Crippen LogP contribution in [0, 0.1) is 11.8 Å². The Bertz CT molecular complexity index is 812. The van der Waals surface area contributed by atoms with Gasteiger partial charge in [-0.05, 0) is 56.0 Å². The van der Waals surface area contributed by atoms with E-state index in [4.69, 9.17) is 16.3 Å². The summed E-state index contributed by atoms with van der Waals surface area (Å²) in [6.07, 6.45) is 7.17. The molecular formula is C24H31ClO6. The molecule has 0 bridgehead atoms. The van der Waals surface area contributed by atoms with Crippen molar-refractivity contribution >= 4 is 17.6 Å². The number of rotatable bonds is 10. The Hall–Kier alpha value is -2.08. The number of carbonyl (C=O) groups excluding carboxylic acids is 1. The Morgan fingerprint density at radius 2 is 2.10 bits per heavy atom. The number of methoxy groups -OCH3 is 1. The molecule has 1 saturated carbocycles. The highest BCUT2D eigenvalue weighted by Crippen LogP contribution is 2.36. The summed E-state index contributed by atoms with van der Waals surface area (Å²) in [6.45, 7) is 1.63. The number of allylic oxidation sites excluding steroid dienone is 1. The second-order valence-corrected chi connectivity index (χ2v) is 8.44. The topological polar surface area (TPSA) is 96.2 Å². The molecule has 0 aromatic heterocycles. The summed E-state index contributed by atoms with van der Waals surface area (Å²) in [6, 6.07) is 6.92. The number of benzene rings is 1. The van der Waals surface area contributed by atoms with E-state index in [-0.39, 0.29) is 30.8 Å². The molecule has 0 heterocycles. The number of ether oxygens (including phenoxy) is 2. The first-order valence-corrected chi connectivity index (χ1v) is 10.7. The lowest BCUT2D eigenvalue weighted by molar-refractivity contribution is -0.140. The van der Waals surface area contributed by atoms with Gasteiger partial charge in [0.25, 0.3) is 0 Å². The predicted molar refractivity (Wildman–Crippen MR) is 119 cm³/mol. The molecule has 3 N–H and O–H groups in total. The minimum absolute atomic E-state index is 0.0166. The average molecular weight is 451 g/mol. The molecule has 1 aliphatic rings. The monoisotopic (exact) mass is 450 g/mol. The van der Waals surface area contributed by atoms with Crippen LogP contribution in [-0.2, 0) is 9.53 Å². The molecule has 7 heteroatoms. The zero-order valence-corrected chi connectivity index (χ0v) is 18.7. The molecule has 0 spiro atoms. The molecule has 6 nitrogen and oxygen atoms in total. The SMILES string of the molecule is COC(=O)CCC=C=CC[C@@H]1[C@@H](C=CC(C)(O)COc2cccc(Cl)c2)[C@H](O)C[C@@H]1O. The van der Waals surface area contributed by atoms with E-state index >= 15 is 0 Å². The van der Waals surface area contributed by atoms with E-state index in [1.165, 1.54) is 7.11 Å². The van der Waals surface area contributed by atoms with Crippen molar-refractivity contribution in [2.24, 2.45) is 11.8 Å². The fraction of sp³-hybridized carbons (Fsp3) is 0.500. The Morgan fingerprint density at radius 1 is 1.32 bits per heavy atom. The summed E-state index contributed by atoms with van der Waals surface area (Å²) in [5.74, 6) is -0.221. The van der Waals surface area contributed by atoms with E-state index in [9.17, 15) is 20.1 Å². The predicted octanol–water partition coefficient (Wildman–Crippen LogP) is 3.44. The fourth-order valence-corrected chi connectivity index (χ4v) is 3.70. The van der Waals surface area contributed by atoms with Crippen LogP contribution in [-0.4, -0.2) is 52.8 Å². The van der Waals surface area contributed by atoms with Crippen molar-refractivity contribution in [2.75, 3.05) is 13.7 Å². The maximum absolute atomic E-state index is 11.1. The van der Waals surface area contributed by atoms with E-state index in [0.29, 0.717) is 30.0 Å². The third-order valence-corrected chi connectivity index (χ3v) is 5.50. The van der Waals surface area contributed by atoms with Crippen molar-refractivity contribution in [3.63, 3.8) is 0 Å². The molecule has 31 heavy (non-hydrogen) atoms. The quantitative estimate of drug-likeness (QED) is 0.287. The summed E-state index contributed by atoms with van der Waals surface area (Å²) in [5.41, 5.74) is 1.75. The van der Waals surface area contributed by atoms with Gasteiger partial charge in [-0.2, -0.15) is 0 Å². The van der Waals surface area contributed by atoms with Crippen molar-refractivity contribution in [3.8, 4) is 5.75 Å². The summed E-state index contributed by atoms with van der Waals surface area (Å²) in [5, 5.41) is 31.9. The normalized spacial score (nSPS) is 25.0. The highest BCUT2D eigenvalue weighted by atomic mass is 35.5. The molecule has 1 aromatic carbocycles. The molecule has 0 aliphatic heterocycles. The molecule has 1 aromatic rings. The number of carbonyl (C=O) groups is 1. The van der Waals surface area contributed by atoms with E-state index in [2.05, 4.69) is 10.5 Å². The van der Waals surface area contributed by atoms with Crippen molar-refractivity contribution in [1.82, 2.24) is 0 Å². The molecule has 170 valence electrons. The molecule has 0 radical (unpaired) electrons. The van der Waals surface area contributed by atoms with Crippen LogP contribution in [0.25, 0.3) is 0 Å². The highest BCUT2D eigenvalue weighted by Gasteiger charge is 2.39. The lowest BCUT2D eigenvalue weighted by Gasteiger charge is -2.23. The third-order valence-electron chi connectivity index (χ3n) is 5.27. The largest absolute Gasteiger partial charge is 0.490 e. The second-order valence-electron chi connectivity index (χ2n) is 8.00. The van der Waals surface area contributed by atoms with Crippen LogP contribution < -0.4 is 4.74 Å². The van der Waals surface area contributed by atoms with Crippen molar-refractivity contribution in [2.45, 2.75) is 50.4 Å². The molecule has 1 unspecified atom stereocenters. The summed E-state index contributed by atoms with van der Waals surface area (Å²) >= 11 is 5.94. The Labute approximate surface area is 188 Å². The van der Waals surface area contributed by atoms with Crippen molar-refractivity contribution < 1.29 is 29.6 Å². The van der Waals surface area contributed by atoms with Gasteiger partial charge in [0.05, 0.1) is 19.3 Å². The van der Waals surface area contributed by atoms with Gasteiger partial charge in [-0.25, -0.2) is 0 Å². The molecule has 0 saturated heterocycles. The Morgan fingerprint density at radius 3 is 2.81 bits per heavy atom. The summed E-state index contributed by atoms with van der Waals surface area (Å²) < 4.78 is 10.2. The maximum Gasteiger partial charge on any atom is 0.305 e. The fourth-order valence-electron chi connectivity index (χ4n) is 3.52. The van der Waals surface area contributed by atoms with Crippen LogP contribution in [0.3, 0.4) is 0 Å². The number of aliphatic hydroxyl groups excluding tert-OH is 2. The first kappa shape index (κ1) is 25.2. The van der Waals surface area contributed by atoms with E-state index in [0.717, 1.165) is 0 Å². The van der Waals surface area contributed by atoms with Gasteiger partial charge >= 0.3 is 5.97 Å². The molecular weight excluding hydrogens is 420 g/mol. The van der Waals surface area contributed by atoms with Crippen molar-refractivity contribution in [1.29, 1.82) is 0 Å². The number of aliphatic hydroxyl groups is 3. The number of halogens is 1. The summed E-state index contributed by atoms with van der Waals surface area (Å²) in [7, 11) is 1.35. The lowest BCUT2D eigenvalue weighted by atomic mass is 9.89.